The van der Waals surface area contributed by atoms with Crippen molar-refractivity contribution >= 4 is 17.2 Å². The Bertz CT molecular complexity index is 531. The topological polar surface area (TPSA) is 32.3 Å². The molecule has 22 heavy (non-hydrogen) atoms. The molecule has 4 heteroatoms. The van der Waals surface area contributed by atoms with Crippen LogP contribution in [0.5, 0.6) is 0 Å². The molecule has 0 unspecified atom stereocenters. The van der Waals surface area contributed by atoms with E-state index in [1.54, 1.807) is 4.88 Å². The molecule has 0 radical (unpaired) electrons. The molecule has 1 N–H and O–H groups in total. The molecule has 2 heterocycles. The van der Waals surface area contributed by atoms with E-state index in [0.717, 1.165) is 18.9 Å². The van der Waals surface area contributed by atoms with Crippen molar-refractivity contribution in [3.63, 3.8) is 0 Å². The first-order valence-corrected chi connectivity index (χ1v) is 9.79. The summed E-state index contributed by atoms with van der Waals surface area (Å²) in [7, 11) is 0. The van der Waals surface area contributed by atoms with Gasteiger partial charge in [-0.1, -0.05) is 19.3 Å². The summed E-state index contributed by atoms with van der Waals surface area (Å²) < 4.78 is 0. The van der Waals surface area contributed by atoms with Crippen LogP contribution in [-0.2, 0) is 11.2 Å². The van der Waals surface area contributed by atoms with Gasteiger partial charge in [0, 0.05) is 23.5 Å². The number of nitrogens with one attached hydrogen (secondary N) is 1. The predicted molar refractivity (Wildman–Crippen MR) is 90.1 cm³/mol. The first-order valence-electron chi connectivity index (χ1n) is 8.91. The third kappa shape index (κ3) is 3.09. The molecule has 2 aliphatic carbocycles. The Kier molecular flexibility index (Phi) is 4.23. The number of hydrogen-bond acceptors (Lipinski definition) is 3. The minimum atomic E-state index is 0.247. The highest BCUT2D eigenvalue weighted by atomic mass is 32.1. The first-order chi connectivity index (χ1) is 10.8. The average molecular weight is 318 g/mol. The molecular formula is C18H26N2OS. The van der Waals surface area contributed by atoms with E-state index in [0.29, 0.717) is 18.6 Å². The number of carbonyl (C=O) groups excluding carboxylic acids is 1. The Hall–Kier alpha value is -0.870. The lowest BCUT2D eigenvalue weighted by molar-refractivity contribution is -0.124. The van der Waals surface area contributed by atoms with E-state index in [1.807, 2.05) is 11.3 Å². The van der Waals surface area contributed by atoms with Crippen molar-refractivity contribution in [2.75, 3.05) is 13.1 Å². The zero-order valence-electron chi connectivity index (χ0n) is 13.2. The van der Waals surface area contributed by atoms with Crippen molar-refractivity contribution in [1.29, 1.82) is 0 Å². The van der Waals surface area contributed by atoms with E-state index < -0.39 is 0 Å². The number of thiophene rings is 1. The molecule has 2 saturated carbocycles. The van der Waals surface area contributed by atoms with Gasteiger partial charge in [0.2, 0.25) is 5.91 Å². The van der Waals surface area contributed by atoms with E-state index in [-0.39, 0.29) is 5.91 Å². The Balaban J connectivity index is 1.40. The van der Waals surface area contributed by atoms with Gasteiger partial charge in [-0.15, -0.1) is 11.3 Å². The maximum atomic E-state index is 12.5. The van der Waals surface area contributed by atoms with Gasteiger partial charge in [-0.25, -0.2) is 0 Å². The molecule has 1 aromatic rings. The second-order valence-electron chi connectivity index (χ2n) is 7.20. The molecule has 0 spiro atoms. The van der Waals surface area contributed by atoms with Gasteiger partial charge in [-0.05, 0) is 55.0 Å². The first kappa shape index (κ1) is 14.7. The summed E-state index contributed by atoms with van der Waals surface area (Å²) in [6.45, 7) is 1.64. The summed E-state index contributed by atoms with van der Waals surface area (Å²) in [5.41, 5.74) is 1.52. The van der Waals surface area contributed by atoms with E-state index >= 15 is 0 Å². The standard InChI is InChI=1S/C18H26N2OS/c21-17(19-14-4-2-1-3-5-14)12-20-10-8-16-15(9-11-22-16)18(20)13-6-7-13/h9,11,13-14,18H,1-8,10,12H2,(H,19,21)/t18-/m1/s1. The summed E-state index contributed by atoms with van der Waals surface area (Å²) in [4.78, 5) is 16.5. The van der Waals surface area contributed by atoms with E-state index in [9.17, 15) is 4.79 Å². The minimum absolute atomic E-state index is 0.247. The zero-order chi connectivity index (χ0) is 14.9. The van der Waals surface area contributed by atoms with Crippen LogP contribution in [-0.4, -0.2) is 29.9 Å². The van der Waals surface area contributed by atoms with Gasteiger partial charge in [0.1, 0.15) is 0 Å². The van der Waals surface area contributed by atoms with Crippen LogP contribution in [0.4, 0.5) is 0 Å². The predicted octanol–water partition coefficient (Wildman–Crippen LogP) is 3.51. The fourth-order valence-electron chi connectivity index (χ4n) is 4.24. The van der Waals surface area contributed by atoms with Crippen molar-refractivity contribution in [3.05, 3.63) is 21.9 Å². The van der Waals surface area contributed by atoms with Crippen molar-refractivity contribution in [1.82, 2.24) is 10.2 Å². The lowest BCUT2D eigenvalue weighted by atomic mass is 9.95. The molecule has 120 valence electrons. The summed E-state index contributed by atoms with van der Waals surface area (Å²) in [5, 5.41) is 5.51. The van der Waals surface area contributed by atoms with E-state index in [1.165, 1.54) is 50.5 Å². The average Bonchev–Trinajstić information content (AvgIpc) is 3.24. The van der Waals surface area contributed by atoms with Crippen molar-refractivity contribution < 1.29 is 4.79 Å². The molecule has 2 fully saturated rings. The summed E-state index contributed by atoms with van der Waals surface area (Å²) in [5.74, 6) is 1.03. The number of fused-ring (bicyclic) bond motifs is 1. The molecule has 1 atom stereocenters. The highest BCUT2D eigenvalue weighted by Crippen LogP contribution is 2.48. The van der Waals surface area contributed by atoms with Gasteiger partial charge < -0.3 is 5.32 Å². The normalized spacial score (nSPS) is 26.6. The molecule has 4 rings (SSSR count). The van der Waals surface area contributed by atoms with Crippen LogP contribution in [0.15, 0.2) is 11.4 Å². The van der Waals surface area contributed by atoms with Crippen LogP contribution in [0.25, 0.3) is 0 Å². The quantitative estimate of drug-likeness (QED) is 0.921. The number of nitrogens with zero attached hydrogens (tertiary/aromatic N) is 1. The summed E-state index contributed by atoms with van der Waals surface area (Å²) >= 11 is 1.90. The molecule has 3 nitrogen and oxygen atoms in total. The van der Waals surface area contributed by atoms with Crippen LogP contribution in [0.1, 0.15) is 61.4 Å². The SMILES string of the molecule is O=C(CN1CCc2sccc2[C@H]1C1CC1)NC1CCCCC1. The summed E-state index contributed by atoms with van der Waals surface area (Å²) in [6, 6.07) is 3.24. The van der Waals surface area contributed by atoms with Crippen molar-refractivity contribution in [2.24, 2.45) is 5.92 Å². The van der Waals surface area contributed by atoms with Crippen LogP contribution in [0.3, 0.4) is 0 Å². The lowest BCUT2D eigenvalue weighted by Crippen LogP contribution is -2.46. The smallest absolute Gasteiger partial charge is 0.234 e. The van der Waals surface area contributed by atoms with Gasteiger partial charge in [0.05, 0.1) is 6.54 Å². The number of rotatable bonds is 4. The van der Waals surface area contributed by atoms with Gasteiger partial charge in [0.15, 0.2) is 0 Å². The molecule has 1 aromatic heterocycles. The Labute approximate surface area is 137 Å². The largest absolute Gasteiger partial charge is 0.352 e. The zero-order valence-corrected chi connectivity index (χ0v) is 14.0. The minimum Gasteiger partial charge on any atom is -0.352 e. The number of carbonyl (C=O) groups is 1. The maximum absolute atomic E-state index is 12.5. The molecule has 3 aliphatic rings. The summed E-state index contributed by atoms with van der Waals surface area (Å²) in [6.07, 6.45) is 10.0. The molecule has 0 aromatic carbocycles. The second-order valence-corrected chi connectivity index (χ2v) is 8.20. The fourth-order valence-corrected chi connectivity index (χ4v) is 5.16. The number of amides is 1. The van der Waals surface area contributed by atoms with Crippen molar-refractivity contribution in [2.45, 2.75) is 63.5 Å². The maximum Gasteiger partial charge on any atom is 0.234 e. The van der Waals surface area contributed by atoms with Gasteiger partial charge in [0.25, 0.3) is 0 Å². The Morgan fingerprint density at radius 1 is 1.23 bits per heavy atom. The van der Waals surface area contributed by atoms with Crippen LogP contribution < -0.4 is 5.32 Å². The number of hydrogen-bond donors (Lipinski definition) is 1. The third-order valence-corrected chi connectivity index (χ3v) is 6.50. The van der Waals surface area contributed by atoms with Crippen LogP contribution >= 0.6 is 11.3 Å². The Morgan fingerprint density at radius 2 is 2.05 bits per heavy atom. The second kappa shape index (κ2) is 6.32. The molecule has 0 saturated heterocycles. The molecule has 1 aliphatic heterocycles. The lowest BCUT2D eigenvalue weighted by Gasteiger charge is -2.36. The highest BCUT2D eigenvalue weighted by Gasteiger charge is 2.40. The Morgan fingerprint density at radius 3 is 2.82 bits per heavy atom. The van der Waals surface area contributed by atoms with Crippen molar-refractivity contribution in [3.8, 4) is 0 Å². The molecular weight excluding hydrogens is 292 g/mol. The van der Waals surface area contributed by atoms with Crippen LogP contribution in [0, 0.1) is 5.92 Å². The molecule has 0 bridgehead atoms. The van der Waals surface area contributed by atoms with Gasteiger partial charge >= 0.3 is 0 Å². The van der Waals surface area contributed by atoms with E-state index in [4.69, 9.17) is 0 Å². The fraction of sp³-hybridized carbons (Fsp3) is 0.722. The highest BCUT2D eigenvalue weighted by molar-refractivity contribution is 7.10. The molecule has 1 amide bonds. The van der Waals surface area contributed by atoms with Gasteiger partial charge in [-0.2, -0.15) is 0 Å². The van der Waals surface area contributed by atoms with E-state index in [2.05, 4.69) is 21.7 Å². The third-order valence-electron chi connectivity index (χ3n) is 5.50. The van der Waals surface area contributed by atoms with Crippen LogP contribution in [0.2, 0.25) is 0 Å². The van der Waals surface area contributed by atoms with Gasteiger partial charge in [-0.3, -0.25) is 9.69 Å². The monoisotopic (exact) mass is 318 g/mol.